The first kappa shape index (κ1) is 30.4. The zero-order chi connectivity index (χ0) is 35.6. The van der Waals surface area contributed by atoms with Gasteiger partial charge in [0.15, 0.2) is 0 Å². The highest BCUT2D eigenvalue weighted by Crippen LogP contribution is 2.44. The highest BCUT2D eigenvalue weighted by molar-refractivity contribution is 6.29. The quantitative estimate of drug-likeness (QED) is 0.177. The monoisotopic (exact) mass is 687 g/mol. The molecule has 54 heavy (non-hydrogen) atoms. The van der Waals surface area contributed by atoms with Gasteiger partial charge in [-0.3, -0.25) is 0 Å². The molecule has 0 aliphatic rings. The summed E-state index contributed by atoms with van der Waals surface area (Å²) in [4.78, 5) is 5.49. The van der Waals surface area contributed by atoms with Crippen molar-refractivity contribution >= 4 is 54.4 Å². The molecule has 0 N–H and O–H groups in total. The Labute approximate surface area is 312 Å². The minimum Gasteiger partial charge on any atom is -0.309 e. The number of pyridine rings is 1. The van der Waals surface area contributed by atoms with E-state index in [0.29, 0.717) is 0 Å². The van der Waals surface area contributed by atoms with Gasteiger partial charge in [-0.15, -0.1) is 0 Å². The molecule has 0 fully saturated rings. The molecule has 0 aliphatic heterocycles. The molecule has 0 radical (unpaired) electrons. The predicted octanol–water partition coefficient (Wildman–Crippen LogP) is 13.4. The van der Waals surface area contributed by atoms with Gasteiger partial charge >= 0.3 is 0 Å². The second-order valence-corrected chi connectivity index (χ2v) is 13.9. The topological polar surface area (TPSA) is 22.8 Å². The fraction of sp³-hybridized carbons (Fsp3) is 0. The molecular weight excluding hydrogens is 655 g/mol. The fourth-order valence-electron chi connectivity index (χ4n) is 8.57. The number of nitrogens with zero attached hydrogens (tertiary/aromatic N) is 3. The van der Waals surface area contributed by atoms with Crippen molar-refractivity contribution in [1.29, 1.82) is 0 Å². The first-order valence-electron chi connectivity index (χ1n) is 18.5. The standard InChI is InChI=1S/C51H33N3/c1-3-16-34(17-4-1)36-32-43(39-26-15-19-35-18-7-8-22-38(35)39)52-44(33-36)40-23-9-12-27-45(40)54-47-29-14-11-25-42(47)51-49(54)31-30-48-50(51)41-24-10-13-28-46(41)53(48)37-20-5-2-6-21-37/h1-33H. The molecule has 3 aromatic heterocycles. The summed E-state index contributed by atoms with van der Waals surface area (Å²) in [5.41, 5.74) is 13.4. The number of benzene rings is 8. The maximum Gasteiger partial charge on any atom is 0.0736 e. The lowest BCUT2D eigenvalue weighted by molar-refractivity contribution is 1.17. The third-order valence-corrected chi connectivity index (χ3v) is 10.9. The molecule has 0 saturated heterocycles. The molecule has 3 heteroatoms. The molecule has 0 aliphatic carbocycles. The Morgan fingerprint density at radius 2 is 0.852 bits per heavy atom. The molecule has 0 amide bonds. The molecule has 3 nitrogen and oxygen atoms in total. The third kappa shape index (κ3) is 4.65. The zero-order valence-corrected chi connectivity index (χ0v) is 29.4. The number of aromatic nitrogens is 3. The maximum atomic E-state index is 5.49. The summed E-state index contributed by atoms with van der Waals surface area (Å²) in [6, 6.07) is 71.9. The van der Waals surface area contributed by atoms with Crippen molar-refractivity contribution in [2.24, 2.45) is 0 Å². The first-order valence-corrected chi connectivity index (χ1v) is 18.5. The first-order chi connectivity index (χ1) is 26.8. The normalized spacial score (nSPS) is 11.7. The van der Waals surface area contributed by atoms with Gasteiger partial charge in [0.1, 0.15) is 0 Å². The molecule has 252 valence electrons. The van der Waals surface area contributed by atoms with Gasteiger partial charge in [-0.1, -0.05) is 146 Å². The van der Waals surface area contributed by atoms with E-state index < -0.39 is 0 Å². The summed E-state index contributed by atoms with van der Waals surface area (Å²) < 4.78 is 4.85. The molecule has 0 atom stereocenters. The Bertz CT molecular complexity index is 3200. The van der Waals surface area contributed by atoms with E-state index in [-0.39, 0.29) is 0 Å². The lowest BCUT2D eigenvalue weighted by atomic mass is 9.97. The number of fused-ring (bicyclic) bond motifs is 8. The molecule has 0 saturated carbocycles. The van der Waals surface area contributed by atoms with Gasteiger partial charge in [0.05, 0.1) is 39.1 Å². The summed E-state index contributed by atoms with van der Waals surface area (Å²) in [6.45, 7) is 0. The molecule has 8 aromatic carbocycles. The maximum absolute atomic E-state index is 5.49. The average Bonchev–Trinajstić information content (AvgIpc) is 3.77. The number of para-hydroxylation sites is 4. The van der Waals surface area contributed by atoms with Crippen molar-refractivity contribution in [3.05, 3.63) is 200 Å². The van der Waals surface area contributed by atoms with E-state index in [1.54, 1.807) is 0 Å². The smallest absolute Gasteiger partial charge is 0.0736 e. The predicted molar refractivity (Wildman–Crippen MR) is 227 cm³/mol. The summed E-state index contributed by atoms with van der Waals surface area (Å²) in [7, 11) is 0. The van der Waals surface area contributed by atoms with Crippen LogP contribution in [-0.4, -0.2) is 14.1 Å². The lowest BCUT2D eigenvalue weighted by Gasteiger charge is -2.16. The molecule has 0 bridgehead atoms. The molecule has 0 unspecified atom stereocenters. The minimum absolute atomic E-state index is 0.933. The number of hydrogen-bond acceptors (Lipinski definition) is 1. The van der Waals surface area contributed by atoms with E-state index >= 15 is 0 Å². The SMILES string of the molecule is c1ccc(-c2cc(-c3ccccc3-n3c4ccccc4c4c5c6ccccc6n(-c6ccccc6)c5ccc43)nc(-c3cccc4ccccc34)c2)cc1. The van der Waals surface area contributed by atoms with Gasteiger partial charge in [0, 0.05) is 38.4 Å². The molecule has 0 spiro atoms. The Hall–Kier alpha value is -7.23. The second kappa shape index (κ2) is 12.2. The van der Waals surface area contributed by atoms with Crippen molar-refractivity contribution < 1.29 is 0 Å². The van der Waals surface area contributed by atoms with Crippen LogP contribution in [0.15, 0.2) is 200 Å². The van der Waals surface area contributed by atoms with Crippen LogP contribution in [0.1, 0.15) is 0 Å². The minimum atomic E-state index is 0.933. The van der Waals surface area contributed by atoms with E-state index in [1.807, 2.05) is 0 Å². The van der Waals surface area contributed by atoms with E-state index in [0.717, 1.165) is 50.5 Å². The van der Waals surface area contributed by atoms with Crippen LogP contribution < -0.4 is 0 Å². The van der Waals surface area contributed by atoms with Crippen LogP contribution in [0.4, 0.5) is 0 Å². The van der Waals surface area contributed by atoms with Crippen molar-refractivity contribution in [2.75, 3.05) is 0 Å². The molecule has 3 heterocycles. The van der Waals surface area contributed by atoms with Crippen LogP contribution in [0, 0.1) is 0 Å². The average molecular weight is 688 g/mol. The van der Waals surface area contributed by atoms with E-state index in [4.69, 9.17) is 4.98 Å². The second-order valence-electron chi connectivity index (χ2n) is 13.9. The number of hydrogen-bond donors (Lipinski definition) is 0. The number of rotatable bonds is 5. The molecule has 11 rings (SSSR count). The largest absolute Gasteiger partial charge is 0.309 e. The zero-order valence-electron chi connectivity index (χ0n) is 29.4. The van der Waals surface area contributed by atoms with Crippen LogP contribution in [0.3, 0.4) is 0 Å². The van der Waals surface area contributed by atoms with Gasteiger partial charge in [-0.25, -0.2) is 4.98 Å². The van der Waals surface area contributed by atoms with Crippen molar-refractivity contribution in [1.82, 2.24) is 14.1 Å². The van der Waals surface area contributed by atoms with Gasteiger partial charge in [-0.2, -0.15) is 0 Å². The van der Waals surface area contributed by atoms with Crippen LogP contribution in [0.5, 0.6) is 0 Å². The summed E-state index contributed by atoms with van der Waals surface area (Å²) in [5, 5.41) is 7.39. The summed E-state index contributed by atoms with van der Waals surface area (Å²) in [5.74, 6) is 0. The van der Waals surface area contributed by atoms with E-state index in [1.165, 1.54) is 48.9 Å². The van der Waals surface area contributed by atoms with Crippen molar-refractivity contribution in [2.45, 2.75) is 0 Å². The van der Waals surface area contributed by atoms with Crippen LogP contribution in [0.25, 0.3) is 99.4 Å². The Balaban J connectivity index is 1.21. The Morgan fingerprint density at radius 3 is 1.59 bits per heavy atom. The summed E-state index contributed by atoms with van der Waals surface area (Å²) in [6.07, 6.45) is 0. The van der Waals surface area contributed by atoms with Gasteiger partial charge in [0.25, 0.3) is 0 Å². The Kier molecular flexibility index (Phi) is 6.86. The van der Waals surface area contributed by atoms with E-state index in [2.05, 4.69) is 209 Å². The fourth-order valence-corrected chi connectivity index (χ4v) is 8.57. The van der Waals surface area contributed by atoms with Crippen LogP contribution >= 0.6 is 0 Å². The highest BCUT2D eigenvalue weighted by Gasteiger charge is 2.22. The molecular formula is C51H33N3. The summed E-state index contributed by atoms with van der Waals surface area (Å²) >= 11 is 0. The van der Waals surface area contributed by atoms with Crippen LogP contribution in [0.2, 0.25) is 0 Å². The van der Waals surface area contributed by atoms with Crippen molar-refractivity contribution in [3.8, 4) is 45.0 Å². The van der Waals surface area contributed by atoms with Crippen LogP contribution in [-0.2, 0) is 0 Å². The highest BCUT2D eigenvalue weighted by atomic mass is 15.0. The third-order valence-electron chi connectivity index (χ3n) is 10.9. The van der Waals surface area contributed by atoms with Crippen molar-refractivity contribution in [3.63, 3.8) is 0 Å². The molecule has 11 aromatic rings. The lowest BCUT2D eigenvalue weighted by Crippen LogP contribution is -1.99. The Morgan fingerprint density at radius 1 is 0.333 bits per heavy atom. The van der Waals surface area contributed by atoms with Gasteiger partial charge in [0.2, 0.25) is 0 Å². The van der Waals surface area contributed by atoms with Gasteiger partial charge in [-0.05, 0) is 76.5 Å². The van der Waals surface area contributed by atoms with Gasteiger partial charge < -0.3 is 9.13 Å². The van der Waals surface area contributed by atoms with E-state index in [9.17, 15) is 0 Å².